The SMILES string of the molecule is C=CC(=O)N1CCC(Nc2c(C#N)c(=O)n(C)c3ccccc23)CC1.Cn1c(=O)oc(=O)c2ccccc21. The molecular weight excluding hydrogens is 486 g/mol. The molecule has 0 atom stereocenters. The van der Waals surface area contributed by atoms with Crippen LogP contribution in [0.5, 0.6) is 0 Å². The van der Waals surface area contributed by atoms with Gasteiger partial charge in [-0.1, -0.05) is 36.9 Å². The molecule has 1 N–H and O–H groups in total. The molecule has 4 aromatic rings. The Morgan fingerprint density at radius 2 is 1.58 bits per heavy atom. The highest BCUT2D eigenvalue weighted by atomic mass is 16.4. The first-order valence-corrected chi connectivity index (χ1v) is 12.1. The molecule has 0 bridgehead atoms. The van der Waals surface area contributed by atoms with Crippen LogP contribution in [0.2, 0.25) is 0 Å². The van der Waals surface area contributed by atoms with E-state index in [2.05, 4.69) is 16.3 Å². The lowest BCUT2D eigenvalue weighted by molar-refractivity contribution is -0.126. The maximum atomic E-state index is 12.5. The number of rotatable bonds is 3. The highest BCUT2D eigenvalue weighted by molar-refractivity contribution is 5.94. The molecular formula is C28H27N5O5. The van der Waals surface area contributed by atoms with Crippen molar-refractivity contribution in [2.75, 3.05) is 18.4 Å². The van der Waals surface area contributed by atoms with E-state index in [1.165, 1.54) is 15.2 Å². The number of aromatic nitrogens is 2. The molecule has 0 radical (unpaired) electrons. The minimum Gasteiger partial charge on any atom is -0.380 e. The number of aryl methyl sites for hydroxylation is 2. The number of benzene rings is 2. The number of piperidine rings is 1. The van der Waals surface area contributed by atoms with E-state index in [1.54, 1.807) is 43.3 Å². The zero-order valence-corrected chi connectivity index (χ0v) is 21.1. The van der Waals surface area contributed by atoms with Crippen LogP contribution in [0.25, 0.3) is 21.8 Å². The Bertz CT molecular complexity index is 1750. The molecule has 3 heterocycles. The summed E-state index contributed by atoms with van der Waals surface area (Å²) in [4.78, 5) is 48.2. The van der Waals surface area contributed by atoms with Gasteiger partial charge in [-0.25, -0.2) is 9.59 Å². The third kappa shape index (κ3) is 4.99. The molecule has 0 unspecified atom stereocenters. The number of anilines is 1. The van der Waals surface area contributed by atoms with E-state index in [-0.39, 0.29) is 23.1 Å². The zero-order chi connectivity index (χ0) is 27.4. The van der Waals surface area contributed by atoms with Crippen molar-refractivity contribution in [2.45, 2.75) is 18.9 Å². The van der Waals surface area contributed by atoms with Gasteiger partial charge >= 0.3 is 11.4 Å². The number of amides is 1. The van der Waals surface area contributed by atoms with Crippen molar-refractivity contribution >= 4 is 33.4 Å². The van der Waals surface area contributed by atoms with Gasteiger partial charge in [-0.3, -0.25) is 14.2 Å². The molecule has 1 aliphatic heterocycles. The molecule has 1 amide bonds. The molecule has 0 aliphatic carbocycles. The van der Waals surface area contributed by atoms with Crippen molar-refractivity contribution in [3.8, 4) is 6.07 Å². The molecule has 194 valence electrons. The van der Waals surface area contributed by atoms with E-state index in [0.717, 1.165) is 23.7 Å². The minimum absolute atomic E-state index is 0.0600. The number of nitriles is 1. The highest BCUT2D eigenvalue weighted by Gasteiger charge is 2.24. The smallest absolute Gasteiger partial charge is 0.380 e. The lowest BCUT2D eigenvalue weighted by atomic mass is 10.0. The number of para-hydroxylation sites is 2. The van der Waals surface area contributed by atoms with E-state index in [4.69, 9.17) is 0 Å². The summed E-state index contributed by atoms with van der Waals surface area (Å²) in [7, 11) is 3.24. The van der Waals surface area contributed by atoms with Gasteiger partial charge in [-0.05, 0) is 37.1 Å². The Balaban J connectivity index is 0.000000216. The van der Waals surface area contributed by atoms with Crippen LogP contribution in [0.1, 0.15) is 18.4 Å². The number of hydrogen-bond acceptors (Lipinski definition) is 7. The summed E-state index contributed by atoms with van der Waals surface area (Å²) in [5, 5.41) is 14.2. The van der Waals surface area contributed by atoms with Crippen molar-refractivity contribution in [2.24, 2.45) is 14.1 Å². The molecule has 2 aromatic heterocycles. The van der Waals surface area contributed by atoms with Gasteiger partial charge in [0.25, 0.3) is 5.56 Å². The number of nitrogens with one attached hydrogen (secondary N) is 1. The lowest BCUT2D eigenvalue weighted by Crippen LogP contribution is -2.42. The van der Waals surface area contributed by atoms with Gasteiger partial charge in [0.1, 0.15) is 11.6 Å². The van der Waals surface area contributed by atoms with Crippen molar-refractivity contribution in [3.05, 3.63) is 98.1 Å². The predicted octanol–water partition coefficient (Wildman–Crippen LogP) is 2.49. The van der Waals surface area contributed by atoms with Crippen LogP contribution in [0.4, 0.5) is 5.69 Å². The number of carbonyl (C=O) groups excluding carboxylic acids is 1. The average molecular weight is 514 g/mol. The summed E-state index contributed by atoms with van der Waals surface area (Å²) >= 11 is 0. The van der Waals surface area contributed by atoms with Crippen molar-refractivity contribution in [1.29, 1.82) is 5.26 Å². The van der Waals surface area contributed by atoms with Crippen molar-refractivity contribution in [3.63, 3.8) is 0 Å². The summed E-state index contributed by atoms with van der Waals surface area (Å²) in [6.45, 7) is 4.78. The van der Waals surface area contributed by atoms with Crippen molar-refractivity contribution in [1.82, 2.24) is 14.0 Å². The molecule has 2 aromatic carbocycles. The topological polar surface area (TPSA) is 130 Å². The van der Waals surface area contributed by atoms with Crippen LogP contribution < -0.4 is 22.3 Å². The number of hydrogen-bond donors (Lipinski definition) is 1. The van der Waals surface area contributed by atoms with Gasteiger partial charge in [0.2, 0.25) is 5.91 Å². The molecule has 1 aliphatic rings. The highest BCUT2D eigenvalue weighted by Crippen LogP contribution is 2.27. The number of fused-ring (bicyclic) bond motifs is 2. The Kier molecular flexibility index (Phi) is 7.58. The van der Waals surface area contributed by atoms with Crippen LogP contribution in [0.15, 0.2) is 80.0 Å². The summed E-state index contributed by atoms with van der Waals surface area (Å²) in [5.41, 5.74) is 1.21. The van der Waals surface area contributed by atoms with E-state index in [9.17, 15) is 24.4 Å². The Hall–Kier alpha value is -4.91. The second-order valence-corrected chi connectivity index (χ2v) is 8.92. The summed E-state index contributed by atoms with van der Waals surface area (Å²) in [6, 6.07) is 16.5. The van der Waals surface area contributed by atoms with Gasteiger partial charge < -0.3 is 19.2 Å². The van der Waals surface area contributed by atoms with Crippen LogP contribution in [0.3, 0.4) is 0 Å². The van der Waals surface area contributed by atoms with Gasteiger partial charge in [-0.2, -0.15) is 5.26 Å². The van der Waals surface area contributed by atoms with Gasteiger partial charge in [0, 0.05) is 38.6 Å². The minimum atomic E-state index is -0.635. The third-order valence-electron chi connectivity index (χ3n) is 6.68. The first-order valence-electron chi connectivity index (χ1n) is 12.1. The fourth-order valence-corrected chi connectivity index (χ4v) is 4.57. The van der Waals surface area contributed by atoms with Gasteiger partial charge in [-0.15, -0.1) is 0 Å². The molecule has 1 saturated heterocycles. The Morgan fingerprint density at radius 1 is 1.00 bits per heavy atom. The molecule has 0 spiro atoms. The number of carbonyl (C=O) groups is 1. The second kappa shape index (κ2) is 11.0. The number of likely N-dealkylation sites (tertiary alicyclic amines) is 1. The van der Waals surface area contributed by atoms with E-state index in [1.807, 2.05) is 30.3 Å². The second-order valence-electron chi connectivity index (χ2n) is 8.92. The fourth-order valence-electron chi connectivity index (χ4n) is 4.57. The monoisotopic (exact) mass is 513 g/mol. The first-order chi connectivity index (χ1) is 18.3. The van der Waals surface area contributed by atoms with Crippen LogP contribution in [0, 0.1) is 11.3 Å². The van der Waals surface area contributed by atoms with Gasteiger partial charge in [0.05, 0.1) is 22.1 Å². The average Bonchev–Trinajstić information content (AvgIpc) is 2.95. The lowest BCUT2D eigenvalue weighted by Gasteiger charge is -2.32. The fraction of sp³-hybridized carbons (Fsp3) is 0.250. The Morgan fingerprint density at radius 3 is 2.18 bits per heavy atom. The molecule has 0 saturated carbocycles. The maximum Gasteiger partial charge on any atom is 0.422 e. The maximum absolute atomic E-state index is 12.5. The largest absolute Gasteiger partial charge is 0.422 e. The molecule has 38 heavy (non-hydrogen) atoms. The molecule has 5 rings (SSSR count). The molecule has 10 nitrogen and oxygen atoms in total. The third-order valence-corrected chi connectivity index (χ3v) is 6.68. The normalized spacial score (nSPS) is 13.4. The summed E-state index contributed by atoms with van der Waals surface area (Å²) in [5.74, 6) is -0.695. The van der Waals surface area contributed by atoms with E-state index < -0.39 is 11.4 Å². The summed E-state index contributed by atoms with van der Waals surface area (Å²) < 4.78 is 7.28. The van der Waals surface area contributed by atoms with Crippen molar-refractivity contribution < 1.29 is 9.21 Å². The Labute approximate surface area is 217 Å². The van der Waals surface area contributed by atoms with E-state index in [0.29, 0.717) is 29.7 Å². The quantitative estimate of drug-likeness (QED) is 0.417. The zero-order valence-electron chi connectivity index (χ0n) is 21.1. The first kappa shape index (κ1) is 26.2. The standard InChI is InChI=1S/C19H20N4O2.C9H7NO3/c1-3-17(24)23-10-8-13(9-11-23)21-18-14-6-4-5-7-16(14)22(2)19(25)15(18)12-20;1-10-7-5-3-2-4-6(7)8(11)13-9(10)12/h3-7,13,21H,1,8-11H2,2H3;2-5H,1H3. The van der Waals surface area contributed by atoms with Gasteiger partial charge in [0.15, 0.2) is 0 Å². The van der Waals surface area contributed by atoms with Crippen LogP contribution in [-0.2, 0) is 18.9 Å². The van der Waals surface area contributed by atoms with E-state index >= 15 is 0 Å². The summed E-state index contributed by atoms with van der Waals surface area (Å²) in [6.07, 6.45) is 2.85. The predicted molar refractivity (Wildman–Crippen MR) is 145 cm³/mol. The number of pyridine rings is 1. The van der Waals surface area contributed by atoms with Crippen LogP contribution in [-0.4, -0.2) is 39.1 Å². The molecule has 10 heteroatoms. The molecule has 1 fully saturated rings. The number of nitrogens with zero attached hydrogens (tertiary/aromatic N) is 4. The van der Waals surface area contributed by atoms with Crippen LogP contribution >= 0.6 is 0 Å².